The Kier molecular flexibility index (Phi) is 6.36. The summed E-state index contributed by atoms with van der Waals surface area (Å²) in [6.07, 6.45) is 2.73. The van der Waals surface area contributed by atoms with E-state index in [1.54, 1.807) is 14.1 Å². The average Bonchev–Trinajstić information content (AvgIpc) is 2.40. The highest BCUT2D eigenvalue weighted by Gasteiger charge is 2.15. The molecule has 0 bridgehead atoms. The Bertz CT molecular complexity index is 388. The van der Waals surface area contributed by atoms with Crippen molar-refractivity contribution < 1.29 is 9.53 Å². The smallest absolute Gasteiger partial charge is 0.239 e. The molecule has 1 aromatic rings. The molecule has 2 N–H and O–H groups in total. The molecule has 0 saturated heterocycles. The normalized spacial score (nSPS) is 12.0. The molecule has 0 aliphatic rings. The Morgan fingerprint density at radius 3 is 2.47 bits per heavy atom. The topological polar surface area (TPSA) is 55.6 Å². The van der Waals surface area contributed by atoms with Crippen molar-refractivity contribution in [1.82, 2.24) is 4.90 Å². The van der Waals surface area contributed by atoms with Crippen LogP contribution >= 0.6 is 0 Å². The Morgan fingerprint density at radius 2 is 1.95 bits per heavy atom. The van der Waals surface area contributed by atoms with Gasteiger partial charge in [-0.3, -0.25) is 4.79 Å². The molecule has 0 aromatic heterocycles. The van der Waals surface area contributed by atoms with Crippen LogP contribution in [0.1, 0.15) is 25.3 Å². The third kappa shape index (κ3) is 5.30. The maximum atomic E-state index is 11.7. The van der Waals surface area contributed by atoms with E-state index in [4.69, 9.17) is 10.5 Å². The van der Waals surface area contributed by atoms with Crippen molar-refractivity contribution in [2.24, 2.45) is 5.73 Å². The maximum absolute atomic E-state index is 11.7. The predicted molar refractivity (Wildman–Crippen MR) is 77.2 cm³/mol. The lowest BCUT2D eigenvalue weighted by molar-refractivity contribution is -0.130. The molecule has 106 valence electrons. The van der Waals surface area contributed by atoms with Gasteiger partial charge in [0.2, 0.25) is 5.91 Å². The molecule has 0 radical (unpaired) electrons. The largest absolute Gasteiger partial charge is 0.494 e. The summed E-state index contributed by atoms with van der Waals surface area (Å²) < 4.78 is 5.59. The first-order valence-electron chi connectivity index (χ1n) is 6.73. The number of amides is 1. The summed E-state index contributed by atoms with van der Waals surface area (Å²) in [5, 5.41) is 0. The van der Waals surface area contributed by atoms with Gasteiger partial charge >= 0.3 is 0 Å². The van der Waals surface area contributed by atoms with Crippen molar-refractivity contribution in [2.45, 2.75) is 32.2 Å². The van der Waals surface area contributed by atoms with Gasteiger partial charge in [-0.15, -0.1) is 0 Å². The fraction of sp³-hybridized carbons (Fsp3) is 0.533. The van der Waals surface area contributed by atoms with Crippen LogP contribution in [0.25, 0.3) is 0 Å². The minimum atomic E-state index is -0.484. The van der Waals surface area contributed by atoms with Gasteiger partial charge in [0, 0.05) is 14.1 Å². The molecule has 0 saturated carbocycles. The second kappa shape index (κ2) is 7.79. The molecule has 0 aliphatic carbocycles. The van der Waals surface area contributed by atoms with E-state index in [1.807, 2.05) is 24.3 Å². The van der Waals surface area contributed by atoms with Gasteiger partial charge in [-0.1, -0.05) is 25.5 Å². The molecule has 1 rings (SSSR count). The molecule has 1 atom stereocenters. The second-order valence-electron chi connectivity index (χ2n) is 4.89. The van der Waals surface area contributed by atoms with Gasteiger partial charge in [0.25, 0.3) is 0 Å². The molecule has 0 aliphatic heterocycles. The van der Waals surface area contributed by atoms with Gasteiger partial charge < -0.3 is 15.4 Å². The quantitative estimate of drug-likeness (QED) is 0.764. The lowest BCUT2D eigenvalue weighted by Crippen LogP contribution is -2.41. The SMILES string of the molecule is CCCCOc1ccc(CC(N)C(=O)N(C)C)cc1. The number of ether oxygens (including phenoxy) is 1. The molecule has 1 unspecified atom stereocenters. The molecular formula is C15H24N2O2. The first-order chi connectivity index (χ1) is 9.04. The van der Waals surface area contributed by atoms with Crippen LogP contribution in [0.3, 0.4) is 0 Å². The van der Waals surface area contributed by atoms with E-state index in [-0.39, 0.29) is 5.91 Å². The van der Waals surface area contributed by atoms with Gasteiger partial charge in [-0.2, -0.15) is 0 Å². The fourth-order valence-electron chi connectivity index (χ4n) is 1.73. The highest BCUT2D eigenvalue weighted by molar-refractivity contribution is 5.81. The molecular weight excluding hydrogens is 240 g/mol. The van der Waals surface area contributed by atoms with Gasteiger partial charge in [0.1, 0.15) is 5.75 Å². The summed E-state index contributed by atoms with van der Waals surface area (Å²) in [6, 6.07) is 7.30. The van der Waals surface area contributed by atoms with Crippen LogP contribution in [0.15, 0.2) is 24.3 Å². The minimum absolute atomic E-state index is 0.0525. The first-order valence-corrected chi connectivity index (χ1v) is 6.73. The number of nitrogens with two attached hydrogens (primary N) is 1. The summed E-state index contributed by atoms with van der Waals surface area (Å²) >= 11 is 0. The Hall–Kier alpha value is -1.55. The third-order valence-electron chi connectivity index (χ3n) is 2.90. The maximum Gasteiger partial charge on any atom is 0.239 e. The third-order valence-corrected chi connectivity index (χ3v) is 2.90. The van der Waals surface area contributed by atoms with Crippen molar-refractivity contribution >= 4 is 5.91 Å². The molecule has 4 heteroatoms. The van der Waals surface area contributed by atoms with Crippen LogP contribution in [-0.4, -0.2) is 37.6 Å². The van der Waals surface area contributed by atoms with Crippen molar-refractivity contribution in [3.05, 3.63) is 29.8 Å². The summed E-state index contributed by atoms with van der Waals surface area (Å²) in [4.78, 5) is 13.2. The average molecular weight is 264 g/mol. The molecule has 0 fully saturated rings. The number of carbonyl (C=O) groups is 1. The molecule has 1 amide bonds. The molecule has 4 nitrogen and oxygen atoms in total. The molecule has 19 heavy (non-hydrogen) atoms. The Morgan fingerprint density at radius 1 is 1.32 bits per heavy atom. The summed E-state index contributed by atoms with van der Waals surface area (Å²) in [7, 11) is 3.43. The van der Waals surface area contributed by atoms with E-state index in [0.29, 0.717) is 6.42 Å². The van der Waals surface area contributed by atoms with Crippen molar-refractivity contribution in [3.63, 3.8) is 0 Å². The Balaban J connectivity index is 2.50. The number of nitrogens with zero attached hydrogens (tertiary/aromatic N) is 1. The van der Waals surface area contributed by atoms with E-state index in [0.717, 1.165) is 30.8 Å². The van der Waals surface area contributed by atoms with Crippen LogP contribution in [0.2, 0.25) is 0 Å². The lowest BCUT2D eigenvalue weighted by Gasteiger charge is -2.16. The highest BCUT2D eigenvalue weighted by Crippen LogP contribution is 2.14. The van der Waals surface area contributed by atoms with Crippen LogP contribution in [0, 0.1) is 0 Å². The molecule has 0 heterocycles. The number of unbranched alkanes of at least 4 members (excludes halogenated alkanes) is 1. The standard InChI is InChI=1S/C15H24N2O2/c1-4-5-10-19-13-8-6-12(7-9-13)11-14(16)15(18)17(2)3/h6-9,14H,4-5,10-11,16H2,1-3H3. The number of rotatable bonds is 7. The van der Waals surface area contributed by atoms with Crippen LogP contribution in [0.5, 0.6) is 5.75 Å². The van der Waals surface area contributed by atoms with Crippen LogP contribution in [-0.2, 0) is 11.2 Å². The van der Waals surface area contributed by atoms with Crippen molar-refractivity contribution in [3.8, 4) is 5.75 Å². The fourth-order valence-corrected chi connectivity index (χ4v) is 1.73. The number of hydrogen-bond donors (Lipinski definition) is 1. The molecule has 0 spiro atoms. The number of likely N-dealkylation sites (N-methyl/N-ethyl adjacent to an activating group) is 1. The van der Waals surface area contributed by atoms with E-state index < -0.39 is 6.04 Å². The zero-order valence-electron chi connectivity index (χ0n) is 12.1. The highest BCUT2D eigenvalue weighted by atomic mass is 16.5. The van der Waals surface area contributed by atoms with Gasteiger partial charge in [-0.05, 0) is 30.5 Å². The zero-order valence-corrected chi connectivity index (χ0v) is 12.1. The minimum Gasteiger partial charge on any atom is -0.494 e. The van der Waals surface area contributed by atoms with E-state index in [9.17, 15) is 4.79 Å². The van der Waals surface area contributed by atoms with Crippen LogP contribution < -0.4 is 10.5 Å². The summed E-state index contributed by atoms with van der Waals surface area (Å²) in [5.74, 6) is 0.813. The van der Waals surface area contributed by atoms with Gasteiger partial charge in [-0.25, -0.2) is 0 Å². The van der Waals surface area contributed by atoms with Gasteiger partial charge in [0.15, 0.2) is 0 Å². The first kappa shape index (κ1) is 15.5. The summed E-state index contributed by atoms with van der Waals surface area (Å²) in [5.41, 5.74) is 6.91. The second-order valence-corrected chi connectivity index (χ2v) is 4.89. The molecule has 1 aromatic carbocycles. The monoisotopic (exact) mass is 264 g/mol. The number of benzene rings is 1. The van der Waals surface area contributed by atoms with E-state index in [2.05, 4.69) is 6.92 Å². The lowest BCUT2D eigenvalue weighted by atomic mass is 10.1. The predicted octanol–water partition coefficient (Wildman–Crippen LogP) is 1.82. The Labute approximate surface area is 115 Å². The van der Waals surface area contributed by atoms with E-state index >= 15 is 0 Å². The van der Waals surface area contributed by atoms with Crippen molar-refractivity contribution in [2.75, 3.05) is 20.7 Å². The van der Waals surface area contributed by atoms with E-state index in [1.165, 1.54) is 4.90 Å². The van der Waals surface area contributed by atoms with Gasteiger partial charge in [0.05, 0.1) is 12.6 Å². The zero-order chi connectivity index (χ0) is 14.3. The number of hydrogen-bond acceptors (Lipinski definition) is 3. The number of carbonyl (C=O) groups excluding carboxylic acids is 1. The van der Waals surface area contributed by atoms with Crippen LogP contribution in [0.4, 0.5) is 0 Å². The summed E-state index contributed by atoms with van der Waals surface area (Å²) in [6.45, 7) is 2.88. The van der Waals surface area contributed by atoms with Crippen molar-refractivity contribution in [1.29, 1.82) is 0 Å².